The number of carbonyl (C=O) groups is 2. The molecule has 1 saturated heterocycles. The van der Waals surface area contributed by atoms with Crippen LogP contribution in [0.5, 0.6) is 0 Å². The number of rotatable bonds is 6. The summed E-state index contributed by atoms with van der Waals surface area (Å²) in [6, 6.07) is 1.76. The Bertz CT molecular complexity index is 484. The molecule has 1 atom stereocenters. The number of amides is 2. The Morgan fingerprint density at radius 1 is 1.36 bits per heavy atom. The molecule has 2 heterocycles. The van der Waals surface area contributed by atoms with Gasteiger partial charge in [0, 0.05) is 25.2 Å². The SMILES string of the molecule is Cc1ccoc1C(=O)NCCCNC(=O)C1CCCNC1.Cl. The lowest BCUT2D eigenvalue weighted by atomic mass is 9.99. The van der Waals surface area contributed by atoms with Gasteiger partial charge in [-0.05, 0) is 38.8 Å². The summed E-state index contributed by atoms with van der Waals surface area (Å²) in [6.45, 7) is 4.69. The van der Waals surface area contributed by atoms with Crippen LogP contribution in [0.2, 0.25) is 0 Å². The number of furan rings is 1. The summed E-state index contributed by atoms with van der Waals surface area (Å²) in [5.41, 5.74) is 0.825. The second-order valence-corrected chi connectivity index (χ2v) is 5.38. The van der Waals surface area contributed by atoms with Gasteiger partial charge in [0.25, 0.3) is 5.91 Å². The number of hydrogen-bond donors (Lipinski definition) is 3. The van der Waals surface area contributed by atoms with E-state index in [0.717, 1.165) is 31.5 Å². The molecule has 0 aliphatic carbocycles. The number of carbonyl (C=O) groups excluding carboxylic acids is 2. The van der Waals surface area contributed by atoms with Crippen LogP contribution in [-0.4, -0.2) is 38.0 Å². The van der Waals surface area contributed by atoms with Gasteiger partial charge in [0.2, 0.25) is 5.91 Å². The minimum absolute atomic E-state index is 0. The number of halogens is 1. The van der Waals surface area contributed by atoms with E-state index in [2.05, 4.69) is 16.0 Å². The predicted octanol–water partition coefficient (Wildman–Crippen LogP) is 1.25. The van der Waals surface area contributed by atoms with Crippen molar-refractivity contribution in [2.24, 2.45) is 5.92 Å². The summed E-state index contributed by atoms with van der Waals surface area (Å²) < 4.78 is 5.11. The van der Waals surface area contributed by atoms with E-state index in [1.165, 1.54) is 6.26 Å². The van der Waals surface area contributed by atoms with Crippen LogP contribution in [-0.2, 0) is 4.79 Å². The maximum atomic E-state index is 11.9. The van der Waals surface area contributed by atoms with Crippen LogP contribution in [0, 0.1) is 12.8 Å². The van der Waals surface area contributed by atoms with Gasteiger partial charge in [0.05, 0.1) is 12.2 Å². The van der Waals surface area contributed by atoms with E-state index >= 15 is 0 Å². The maximum absolute atomic E-state index is 11.9. The number of nitrogens with one attached hydrogen (secondary N) is 3. The summed E-state index contributed by atoms with van der Waals surface area (Å²) in [7, 11) is 0. The quantitative estimate of drug-likeness (QED) is 0.686. The van der Waals surface area contributed by atoms with E-state index in [4.69, 9.17) is 4.42 Å². The Morgan fingerprint density at radius 3 is 2.77 bits per heavy atom. The van der Waals surface area contributed by atoms with Gasteiger partial charge in [-0.1, -0.05) is 0 Å². The van der Waals surface area contributed by atoms with Crippen molar-refractivity contribution in [1.29, 1.82) is 0 Å². The van der Waals surface area contributed by atoms with Crippen molar-refractivity contribution in [3.05, 3.63) is 23.7 Å². The van der Waals surface area contributed by atoms with Crippen molar-refractivity contribution in [3.63, 3.8) is 0 Å². The molecular formula is C15H24ClN3O3. The molecule has 0 saturated carbocycles. The van der Waals surface area contributed by atoms with Crippen LogP contribution < -0.4 is 16.0 Å². The molecule has 1 aromatic rings. The Balaban J connectivity index is 0.00000242. The van der Waals surface area contributed by atoms with Crippen molar-refractivity contribution in [2.75, 3.05) is 26.2 Å². The largest absolute Gasteiger partial charge is 0.459 e. The number of hydrogen-bond acceptors (Lipinski definition) is 4. The van der Waals surface area contributed by atoms with Crippen molar-refractivity contribution < 1.29 is 14.0 Å². The van der Waals surface area contributed by atoms with Gasteiger partial charge in [-0.15, -0.1) is 12.4 Å². The minimum atomic E-state index is -0.208. The van der Waals surface area contributed by atoms with E-state index in [9.17, 15) is 9.59 Å². The second-order valence-electron chi connectivity index (χ2n) is 5.38. The maximum Gasteiger partial charge on any atom is 0.287 e. The fraction of sp³-hybridized carbons (Fsp3) is 0.600. The molecule has 0 spiro atoms. The van der Waals surface area contributed by atoms with Crippen LogP contribution in [0.25, 0.3) is 0 Å². The van der Waals surface area contributed by atoms with Gasteiger partial charge in [-0.25, -0.2) is 0 Å². The van der Waals surface area contributed by atoms with Crippen molar-refractivity contribution >= 4 is 24.2 Å². The lowest BCUT2D eigenvalue weighted by Gasteiger charge is -2.21. The van der Waals surface area contributed by atoms with Crippen LogP contribution in [0.1, 0.15) is 35.4 Å². The lowest BCUT2D eigenvalue weighted by Crippen LogP contribution is -2.41. The van der Waals surface area contributed by atoms with Crippen LogP contribution in [0.3, 0.4) is 0 Å². The first-order chi connectivity index (χ1) is 10.2. The van der Waals surface area contributed by atoms with Gasteiger partial charge in [-0.3, -0.25) is 9.59 Å². The average molecular weight is 330 g/mol. The molecule has 2 rings (SSSR count). The topological polar surface area (TPSA) is 83.4 Å². The van der Waals surface area contributed by atoms with E-state index in [0.29, 0.717) is 25.3 Å². The van der Waals surface area contributed by atoms with E-state index in [-0.39, 0.29) is 30.1 Å². The minimum Gasteiger partial charge on any atom is -0.459 e. The molecule has 0 bridgehead atoms. The molecule has 1 aromatic heterocycles. The molecule has 1 unspecified atom stereocenters. The van der Waals surface area contributed by atoms with E-state index in [1.807, 2.05) is 6.92 Å². The summed E-state index contributed by atoms with van der Waals surface area (Å²) in [5.74, 6) is 0.335. The third-order valence-electron chi connectivity index (χ3n) is 3.67. The fourth-order valence-electron chi connectivity index (χ4n) is 2.41. The predicted molar refractivity (Wildman–Crippen MR) is 86.2 cm³/mol. The molecule has 0 radical (unpaired) electrons. The summed E-state index contributed by atoms with van der Waals surface area (Å²) in [6.07, 6.45) is 4.21. The zero-order chi connectivity index (χ0) is 15.1. The van der Waals surface area contributed by atoms with Crippen molar-refractivity contribution in [3.8, 4) is 0 Å². The fourth-order valence-corrected chi connectivity index (χ4v) is 2.41. The molecule has 1 aliphatic rings. The number of piperidine rings is 1. The third-order valence-corrected chi connectivity index (χ3v) is 3.67. The summed E-state index contributed by atoms with van der Waals surface area (Å²) >= 11 is 0. The van der Waals surface area contributed by atoms with Gasteiger partial charge in [0.1, 0.15) is 0 Å². The Hall–Kier alpha value is -1.53. The normalized spacial score (nSPS) is 17.4. The number of aryl methyl sites for hydroxylation is 1. The van der Waals surface area contributed by atoms with Crippen LogP contribution >= 0.6 is 12.4 Å². The first-order valence-electron chi connectivity index (χ1n) is 7.49. The van der Waals surface area contributed by atoms with Gasteiger partial charge >= 0.3 is 0 Å². The van der Waals surface area contributed by atoms with Crippen molar-refractivity contribution in [1.82, 2.24) is 16.0 Å². The van der Waals surface area contributed by atoms with Crippen molar-refractivity contribution in [2.45, 2.75) is 26.2 Å². The molecule has 6 nitrogen and oxygen atoms in total. The standard InChI is InChI=1S/C15H23N3O3.ClH/c1-11-5-9-21-13(11)15(20)18-8-3-7-17-14(19)12-4-2-6-16-10-12;/h5,9,12,16H,2-4,6-8,10H2,1H3,(H,17,19)(H,18,20);1H. The average Bonchev–Trinajstić information content (AvgIpc) is 2.93. The Labute approximate surface area is 136 Å². The van der Waals surface area contributed by atoms with E-state index in [1.54, 1.807) is 6.07 Å². The second kappa shape index (κ2) is 9.48. The highest BCUT2D eigenvalue weighted by Crippen LogP contribution is 2.09. The molecule has 22 heavy (non-hydrogen) atoms. The lowest BCUT2D eigenvalue weighted by molar-refractivity contribution is -0.125. The molecule has 124 valence electrons. The van der Waals surface area contributed by atoms with E-state index < -0.39 is 0 Å². The molecule has 0 aromatic carbocycles. The Morgan fingerprint density at radius 2 is 2.14 bits per heavy atom. The molecule has 7 heteroatoms. The molecule has 3 N–H and O–H groups in total. The molecule has 1 aliphatic heterocycles. The third kappa shape index (κ3) is 5.35. The molecular weight excluding hydrogens is 306 g/mol. The van der Waals surface area contributed by atoms with Gasteiger partial charge in [-0.2, -0.15) is 0 Å². The van der Waals surface area contributed by atoms with Gasteiger partial charge < -0.3 is 20.4 Å². The summed E-state index contributed by atoms with van der Waals surface area (Å²) in [5, 5.41) is 8.93. The van der Waals surface area contributed by atoms with Crippen LogP contribution in [0.4, 0.5) is 0 Å². The molecule has 2 amide bonds. The van der Waals surface area contributed by atoms with Crippen LogP contribution in [0.15, 0.2) is 16.7 Å². The highest BCUT2D eigenvalue weighted by Gasteiger charge is 2.20. The van der Waals surface area contributed by atoms with Gasteiger partial charge in [0.15, 0.2) is 5.76 Å². The first-order valence-corrected chi connectivity index (χ1v) is 7.49. The zero-order valence-corrected chi connectivity index (χ0v) is 13.6. The first kappa shape index (κ1) is 18.5. The summed E-state index contributed by atoms with van der Waals surface area (Å²) in [4.78, 5) is 23.6. The Kier molecular flexibility index (Phi) is 7.98. The monoisotopic (exact) mass is 329 g/mol. The highest BCUT2D eigenvalue weighted by molar-refractivity contribution is 5.92. The molecule has 1 fully saturated rings. The smallest absolute Gasteiger partial charge is 0.287 e. The zero-order valence-electron chi connectivity index (χ0n) is 12.8. The highest BCUT2D eigenvalue weighted by atomic mass is 35.5.